The molecule has 138 valence electrons. The maximum absolute atomic E-state index is 12.9. The Morgan fingerprint density at radius 1 is 1.00 bits per heavy atom. The number of benzene rings is 2. The Labute approximate surface area is 161 Å². The fourth-order valence-corrected chi connectivity index (χ4v) is 3.18. The molecule has 0 bridgehead atoms. The Morgan fingerprint density at radius 3 is 2.36 bits per heavy atom. The molecule has 0 spiro atoms. The second-order valence-corrected chi connectivity index (χ2v) is 6.25. The molecule has 2 aromatic carbocycles. The van der Waals surface area contributed by atoms with Crippen LogP contribution in [0, 0.1) is 0 Å². The van der Waals surface area contributed by atoms with Gasteiger partial charge in [0.25, 0.3) is 5.91 Å². The molecule has 0 unspecified atom stereocenters. The Bertz CT molecular complexity index is 1120. The molecule has 28 heavy (non-hydrogen) atoms. The minimum Gasteiger partial charge on any atom is -0.350 e. The summed E-state index contributed by atoms with van der Waals surface area (Å²) in [4.78, 5) is 35.9. The lowest BCUT2D eigenvalue weighted by Crippen LogP contribution is -2.26. The van der Waals surface area contributed by atoms with E-state index < -0.39 is 0 Å². The van der Waals surface area contributed by atoms with E-state index in [1.807, 2.05) is 60.7 Å². The van der Waals surface area contributed by atoms with Crippen molar-refractivity contribution in [1.29, 1.82) is 0 Å². The molecule has 0 fully saturated rings. The van der Waals surface area contributed by atoms with E-state index in [2.05, 4.69) is 15.3 Å². The molecule has 6 heteroatoms. The van der Waals surface area contributed by atoms with Crippen LogP contribution in [0.1, 0.15) is 16.9 Å². The summed E-state index contributed by atoms with van der Waals surface area (Å²) in [5.41, 5.74) is 4.81. The number of nitrogens with zero attached hydrogens (tertiary/aromatic N) is 2. The lowest BCUT2D eigenvalue weighted by atomic mass is 9.99. The lowest BCUT2D eigenvalue weighted by Gasteiger charge is -2.13. The summed E-state index contributed by atoms with van der Waals surface area (Å²) >= 11 is 0. The van der Waals surface area contributed by atoms with Crippen molar-refractivity contribution in [2.24, 2.45) is 0 Å². The number of pyridine rings is 1. The van der Waals surface area contributed by atoms with Gasteiger partial charge in [-0.15, -0.1) is 0 Å². The zero-order valence-electron chi connectivity index (χ0n) is 15.1. The summed E-state index contributed by atoms with van der Waals surface area (Å²) < 4.78 is 0. The Kier molecular flexibility index (Phi) is 4.93. The second-order valence-electron chi connectivity index (χ2n) is 6.25. The molecule has 4 rings (SSSR count). The predicted octanol–water partition coefficient (Wildman–Crippen LogP) is 3.61. The van der Waals surface area contributed by atoms with Gasteiger partial charge >= 0.3 is 0 Å². The number of amides is 1. The van der Waals surface area contributed by atoms with Gasteiger partial charge in [-0.1, -0.05) is 60.7 Å². The first-order valence-electron chi connectivity index (χ1n) is 8.99. The van der Waals surface area contributed by atoms with Gasteiger partial charge in [-0.2, -0.15) is 0 Å². The molecule has 0 aliphatic carbocycles. The summed E-state index contributed by atoms with van der Waals surface area (Å²) in [6.45, 7) is 0.261. The minimum absolute atomic E-state index is 0.253. The number of fused-ring (bicyclic) bond motifs is 1. The molecule has 0 aliphatic heterocycles. The quantitative estimate of drug-likeness (QED) is 0.401. The van der Waals surface area contributed by atoms with Crippen LogP contribution < -0.4 is 5.32 Å². The van der Waals surface area contributed by atoms with E-state index in [1.165, 1.54) is 0 Å². The third-order valence-electron chi connectivity index (χ3n) is 4.45. The van der Waals surface area contributed by atoms with Crippen LogP contribution in [-0.4, -0.2) is 33.7 Å². The average Bonchev–Trinajstić information content (AvgIpc) is 3.23. The zero-order chi connectivity index (χ0) is 19.3. The Hall–Kier alpha value is -3.80. The molecule has 0 saturated carbocycles. The fraction of sp³-hybridized carbons (Fsp3) is 0.0909. The summed E-state index contributed by atoms with van der Waals surface area (Å²) in [5, 5.41) is 2.77. The summed E-state index contributed by atoms with van der Waals surface area (Å²) in [6.07, 6.45) is 2.64. The smallest absolute Gasteiger partial charge is 0.270 e. The van der Waals surface area contributed by atoms with Gasteiger partial charge in [0, 0.05) is 24.1 Å². The van der Waals surface area contributed by atoms with Crippen molar-refractivity contribution in [2.45, 2.75) is 6.42 Å². The normalized spacial score (nSPS) is 10.7. The van der Waals surface area contributed by atoms with Crippen LogP contribution in [-0.2, 0) is 4.79 Å². The number of imidazole rings is 1. The second kappa shape index (κ2) is 7.84. The molecule has 2 N–H and O–H groups in total. The van der Waals surface area contributed by atoms with Crippen LogP contribution >= 0.6 is 0 Å². The SMILES string of the molecule is O=CCCNC(=O)c1nc(-c2ccccc2)c2[nH]cnc2c1-c1ccccc1. The van der Waals surface area contributed by atoms with E-state index in [1.54, 1.807) is 6.33 Å². The van der Waals surface area contributed by atoms with E-state index in [-0.39, 0.29) is 24.6 Å². The number of aromatic nitrogens is 3. The van der Waals surface area contributed by atoms with Crippen molar-refractivity contribution < 1.29 is 9.59 Å². The van der Waals surface area contributed by atoms with Gasteiger partial charge in [0.05, 0.1) is 17.5 Å². The number of rotatable bonds is 6. The molecule has 0 atom stereocenters. The van der Waals surface area contributed by atoms with Crippen LogP contribution in [0.2, 0.25) is 0 Å². The maximum atomic E-state index is 12.9. The fourth-order valence-electron chi connectivity index (χ4n) is 3.18. The number of aldehydes is 1. The van der Waals surface area contributed by atoms with Crippen molar-refractivity contribution in [3.8, 4) is 22.4 Å². The lowest BCUT2D eigenvalue weighted by molar-refractivity contribution is -0.107. The number of H-pyrrole nitrogens is 1. The topological polar surface area (TPSA) is 87.7 Å². The maximum Gasteiger partial charge on any atom is 0.270 e. The van der Waals surface area contributed by atoms with E-state index in [9.17, 15) is 9.59 Å². The third-order valence-corrected chi connectivity index (χ3v) is 4.45. The van der Waals surface area contributed by atoms with Gasteiger partial charge in [0.1, 0.15) is 17.5 Å². The van der Waals surface area contributed by atoms with Crippen molar-refractivity contribution in [3.05, 3.63) is 72.7 Å². The molecule has 6 nitrogen and oxygen atoms in total. The van der Waals surface area contributed by atoms with Crippen LogP contribution in [0.3, 0.4) is 0 Å². The van der Waals surface area contributed by atoms with E-state index in [0.717, 1.165) is 22.9 Å². The van der Waals surface area contributed by atoms with Gasteiger partial charge in [0.15, 0.2) is 0 Å². The van der Waals surface area contributed by atoms with Crippen molar-refractivity contribution in [2.75, 3.05) is 6.54 Å². The Morgan fingerprint density at radius 2 is 1.68 bits per heavy atom. The highest BCUT2D eigenvalue weighted by molar-refractivity contribution is 6.09. The van der Waals surface area contributed by atoms with Gasteiger partial charge < -0.3 is 15.1 Å². The van der Waals surface area contributed by atoms with E-state index >= 15 is 0 Å². The number of aromatic amines is 1. The number of hydrogen-bond acceptors (Lipinski definition) is 4. The molecule has 2 heterocycles. The van der Waals surface area contributed by atoms with Crippen LogP contribution in [0.5, 0.6) is 0 Å². The first-order chi connectivity index (χ1) is 13.8. The average molecular weight is 370 g/mol. The first-order valence-corrected chi connectivity index (χ1v) is 8.99. The summed E-state index contributed by atoms with van der Waals surface area (Å²) in [6, 6.07) is 19.3. The number of nitrogens with one attached hydrogen (secondary N) is 2. The molecule has 2 aromatic heterocycles. The van der Waals surface area contributed by atoms with Crippen LogP contribution in [0.4, 0.5) is 0 Å². The molecule has 0 aliphatic rings. The summed E-state index contributed by atoms with van der Waals surface area (Å²) in [5.74, 6) is -0.331. The molecular formula is C22H18N4O2. The molecule has 0 radical (unpaired) electrons. The van der Waals surface area contributed by atoms with Crippen molar-refractivity contribution in [1.82, 2.24) is 20.3 Å². The highest BCUT2D eigenvalue weighted by Crippen LogP contribution is 2.34. The monoisotopic (exact) mass is 370 g/mol. The van der Waals surface area contributed by atoms with Crippen LogP contribution in [0.25, 0.3) is 33.4 Å². The Balaban J connectivity index is 1.95. The van der Waals surface area contributed by atoms with Gasteiger partial charge in [-0.25, -0.2) is 9.97 Å². The van der Waals surface area contributed by atoms with E-state index in [4.69, 9.17) is 4.98 Å². The molecule has 0 saturated heterocycles. The number of hydrogen-bond donors (Lipinski definition) is 2. The molecular weight excluding hydrogens is 352 g/mol. The number of carbonyl (C=O) groups is 2. The number of carbonyl (C=O) groups excluding carboxylic acids is 2. The van der Waals surface area contributed by atoms with Gasteiger partial charge in [-0.05, 0) is 5.56 Å². The van der Waals surface area contributed by atoms with Gasteiger partial charge in [-0.3, -0.25) is 4.79 Å². The minimum atomic E-state index is -0.331. The highest BCUT2D eigenvalue weighted by Gasteiger charge is 2.22. The zero-order valence-corrected chi connectivity index (χ0v) is 15.1. The van der Waals surface area contributed by atoms with Crippen molar-refractivity contribution in [3.63, 3.8) is 0 Å². The predicted molar refractivity (Wildman–Crippen MR) is 108 cm³/mol. The molecule has 1 amide bonds. The largest absolute Gasteiger partial charge is 0.350 e. The van der Waals surface area contributed by atoms with Gasteiger partial charge in [0.2, 0.25) is 0 Å². The standard InChI is InChI=1S/C22H18N4O2/c27-13-7-12-23-22(28)20-17(15-8-3-1-4-9-15)19-21(25-14-24-19)18(26-20)16-10-5-2-6-11-16/h1-6,8-11,13-14H,7,12H2,(H,23,28)(H,24,25). The first kappa shape index (κ1) is 17.6. The highest BCUT2D eigenvalue weighted by atomic mass is 16.2. The van der Waals surface area contributed by atoms with E-state index in [0.29, 0.717) is 16.8 Å². The third kappa shape index (κ3) is 3.27. The van der Waals surface area contributed by atoms with Crippen molar-refractivity contribution >= 4 is 23.2 Å². The summed E-state index contributed by atoms with van der Waals surface area (Å²) in [7, 11) is 0. The van der Waals surface area contributed by atoms with Crippen LogP contribution in [0.15, 0.2) is 67.0 Å². The molecule has 4 aromatic rings.